The van der Waals surface area contributed by atoms with Crippen molar-refractivity contribution >= 4 is 24.2 Å². The van der Waals surface area contributed by atoms with Crippen LogP contribution in [0.3, 0.4) is 0 Å². The Bertz CT molecular complexity index is 724. The van der Waals surface area contributed by atoms with E-state index in [4.69, 9.17) is 15.0 Å². The molecule has 0 radical (unpaired) electrons. The lowest BCUT2D eigenvalue weighted by molar-refractivity contribution is -0.118. The van der Waals surface area contributed by atoms with Gasteiger partial charge >= 0.3 is 18.4 Å². The Kier molecular flexibility index (Phi) is 10.1. The number of rotatable bonds is 10. The van der Waals surface area contributed by atoms with Crippen molar-refractivity contribution in [2.45, 2.75) is 58.3 Å². The largest absolute Gasteiger partial charge is 0.445 e. The van der Waals surface area contributed by atoms with Gasteiger partial charge in [0.1, 0.15) is 18.2 Å². The minimum Gasteiger partial charge on any atom is -0.445 e. The molecule has 2 N–H and O–H groups in total. The summed E-state index contributed by atoms with van der Waals surface area (Å²) in [5.41, 5.74) is 8.82. The molecule has 0 heterocycles. The third-order valence-electron chi connectivity index (χ3n) is 3.62. The number of nitrogens with one attached hydrogen (secondary N) is 2. The van der Waals surface area contributed by atoms with Crippen LogP contribution in [0.15, 0.2) is 30.3 Å². The van der Waals surface area contributed by atoms with Crippen molar-refractivity contribution < 1.29 is 28.6 Å². The van der Waals surface area contributed by atoms with Gasteiger partial charge in [0.15, 0.2) is 0 Å². The molecule has 9 heteroatoms. The van der Waals surface area contributed by atoms with Crippen LogP contribution < -0.4 is 10.6 Å². The van der Waals surface area contributed by atoms with Crippen molar-refractivity contribution in [2.75, 3.05) is 6.54 Å². The molecular weight excluding hydrogens is 376 g/mol. The zero-order valence-electron chi connectivity index (χ0n) is 17.0. The third kappa shape index (κ3) is 11.3. The number of unbranched alkanes of at least 4 members (excludes halogenated alkanes) is 1. The Morgan fingerprint density at radius 3 is 2.45 bits per heavy atom. The number of hydrogen-bond acceptors (Lipinski definition) is 5. The van der Waals surface area contributed by atoms with Gasteiger partial charge in [0, 0.05) is 6.54 Å². The van der Waals surface area contributed by atoms with Crippen molar-refractivity contribution in [3.8, 4) is 0 Å². The van der Waals surface area contributed by atoms with Gasteiger partial charge in [-0.3, -0.25) is 4.79 Å². The Labute approximate surface area is 170 Å². The van der Waals surface area contributed by atoms with Crippen LogP contribution in [0, 0.1) is 0 Å². The molecule has 158 valence electrons. The Morgan fingerprint density at radius 1 is 1.14 bits per heavy atom. The van der Waals surface area contributed by atoms with Crippen molar-refractivity contribution in [2.24, 2.45) is 0 Å². The number of amides is 2. The average molecular weight is 404 g/mol. The van der Waals surface area contributed by atoms with E-state index in [1.165, 1.54) is 0 Å². The maximum Gasteiger partial charge on any atom is 0.408 e. The number of nitrogens with zero attached hydrogens (tertiary/aromatic N) is 2. The number of ketones is 1. The summed E-state index contributed by atoms with van der Waals surface area (Å²) in [6, 6.07) is 8.23. The molecule has 0 bridgehead atoms. The van der Waals surface area contributed by atoms with Crippen LogP contribution in [0.4, 0.5) is 9.59 Å². The van der Waals surface area contributed by atoms with Gasteiger partial charge in [-0.1, -0.05) is 30.3 Å². The van der Waals surface area contributed by atoms with E-state index < -0.39 is 29.6 Å². The van der Waals surface area contributed by atoms with E-state index in [1.54, 1.807) is 20.8 Å². The van der Waals surface area contributed by atoms with E-state index in [0.717, 1.165) is 11.8 Å². The number of alkyl carbamates (subject to hydrolysis) is 2. The summed E-state index contributed by atoms with van der Waals surface area (Å²) >= 11 is 0. The standard InChI is InChI=1S/C20H28N4O5/c1-20(2,3)29-18(26)22-12-8-7-11-16(17(25)13-23-21)24-19(27)28-14-15-9-5-4-6-10-15/h4-6,9-10,13,16H,7-8,11-12,14H2,1-3H3,(H,22,26)(H,24,27)/t16-/m0/s1. The second-order valence-electron chi connectivity index (χ2n) is 7.33. The first kappa shape index (κ1) is 23.8. The predicted octanol–water partition coefficient (Wildman–Crippen LogP) is 2.85. The Morgan fingerprint density at radius 2 is 1.83 bits per heavy atom. The summed E-state index contributed by atoms with van der Waals surface area (Å²) in [7, 11) is 0. The Hall–Kier alpha value is -3.19. The summed E-state index contributed by atoms with van der Waals surface area (Å²) in [6.45, 7) is 5.75. The molecule has 0 aliphatic rings. The van der Waals surface area contributed by atoms with E-state index in [2.05, 4.69) is 15.4 Å². The molecular formula is C20H28N4O5. The quantitative estimate of drug-likeness (QED) is 0.268. The highest BCUT2D eigenvalue weighted by atomic mass is 16.6. The summed E-state index contributed by atoms with van der Waals surface area (Å²) in [6.07, 6.45) is 0.873. The fourth-order valence-corrected chi connectivity index (χ4v) is 2.32. The first-order valence-corrected chi connectivity index (χ1v) is 9.36. The van der Waals surface area contributed by atoms with Crippen LogP contribution in [-0.4, -0.2) is 47.2 Å². The van der Waals surface area contributed by atoms with Crippen LogP contribution in [0.2, 0.25) is 0 Å². The van der Waals surface area contributed by atoms with Crippen molar-refractivity contribution in [3.63, 3.8) is 0 Å². The molecule has 0 saturated heterocycles. The molecule has 1 rings (SSSR count). The van der Waals surface area contributed by atoms with E-state index in [9.17, 15) is 14.4 Å². The SMILES string of the molecule is CC(C)(C)OC(=O)NCCCC[C@H](NC(=O)OCc1ccccc1)C(=O)C=[N+]=[N-]. The highest BCUT2D eigenvalue weighted by Gasteiger charge is 2.22. The predicted molar refractivity (Wildman–Crippen MR) is 106 cm³/mol. The Balaban J connectivity index is 2.41. The third-order valence-corrected chi connectivity index (χ3v) is 3.62. The molecule has 2 amide bonds. The molecule has 1 aromatic rings. The van der Waals surface area contributed by atoms with E-state index in [0.29, 0.717) is 25.8 Å². The molecule has 9 nitrogen and oxygen atoms in total. The van der Waals surface area contributed by atoms with Crippen LogP contribution in [0.25, 0.3) is 5.53 Å². The highest BCUT2D eigenvalue weighted by Crippen LogP contribution is 2.07. The smallest absolute Gasteiger partial charge is 0.408 e. The maximum absolute atomic E-state index is 12.0. The molecule has 0 aromatic heterocycles. The lowest BCUT2D eigenvalue weighted by atomic mass is 10.1. The molecule has 0 aliphatic heterocycles. The minimum atomic E-state index is -0.893. The van der Waals surface area contributed by atoms with Gasteiger partial charge in [0.25, 0.3) is 5.78 Å². The molecule has 0 saturated carbocycles. The minimum absolute atomic E-state index is 0.0709. The summed E-state index contributed by atoms with van der Waals surface area (Å²) in [5, 5.41) is 5.10. The van der Waals surface area contributed by atoms with Gasteiger partial charge in [0.2, 0.25) is 0 Å². The topological polar surface area (TPSA) is 130 Å². The van der Waals surface area contributed by atoms with Crippen molar-refractivity contribution in [1.29, 1.82) is 0 Å². The highest BCUT2D eigenvalue weighted by molar-refractivity contribution is 6.28. The van der Waals surface area contributed by atoms with Gasteiger partial charge in [-0.05, 0) is 45.6 Å². The molecule has 0 spiro atoms. The normalized spacial score (nSPS) is 11.6. The van der Waals surface area contributed by atoms with Crippen LogP contribution >= 0.6 is 0 Å². The van der Waals surface area contributed by atoms with Gasteiger partial charge in [-0.25, -0.2) is 9.59 Å². The van der Waals surface area contributed by atoms with Crippen LogP contribution in [0.5, 0.6) is 0 Å². The molecule has 1 aromatic carbocycles. The van der Waals surface area contributed by atoms with Crippen molar-refractivity contribution in [1.82, 2.24) is 10.6 Å². The second-order valence-corrected chi connectivity index (χ2v) is 7.33. The number of hydrogen-bond donors (Lipinski definition) is 2. The molecule has 1 atom stereocenters. The molecule has 0 aliphatic carbocycles. The maximum atomic E-state index is 12.0. The zero-order chi connectivity index (χ0) is 21.7. The summed E-state index contributed by atoms with van der Waals surface area (Å²) < 4.78 is 10.2. The van der Waals surface area contributed by atoms with Gasteiger partial charge in [-0.2, -0.15) is 4.79 Å². The first-order valence-electron chi connectivity index (χ1n) is 9.36. The van der Waals surface area contributed by atoms with Crippen LogP contribution in [0.1, 0.15) is 45.6 Å². The summed E-state index contributed by atoms with van der Waals surface area (Å²) in [5.74, 6) is -0.552. The number of carbonyl (C=O) groups excluding carboxylic acids is 3. The molecule has 29 heavy (non-hydrogen) atoms. The lowest BCUT2D eigenvalue weighted by Gasteiger charge is -2.19. The fourth-order valence-electron chi connectivity index (χ4n) is 2.32. The number of Topliss-reactive ketones (excluding diaryl/α,β-unsaturated/α-hetero) is 1. The number of benzene rings is 1. The van der Waals surface area contributed by atoms with Crippen LogP contribution in [-0.2, 0) is 20.9 Å². The number of carbonyl (C=O) groups is 3. The first-order chi connectivity index (χ1) is 13.7. The lowest BCUT2D eigenvalue weighted by Crippen LogP contribution is -2.42. The average Bonchev–Trinajstić information content (AvgIpc) is 2.64. The van der Waals surface area contributed by atoms with E-state index >= 15 is 0 Å². The molecule has 0 unspecified atom stereocenters. The zero-order valence-corrected chi connectivity index (χ0v) is 17.0. The summed E-state index contributed by atoms with van der Waals surface area (Å²) in [4.78, 5) is 38.3. The molecule has 0 fully saturated rings. The van der Waals surface area contributed by atoms with Gasteiger partial charge in [0.05, 0.1) is 0 Å². The van der Waals surface area contributed by atoms with E-state index in [-0.39, 0.29) is 6.61 Å². The second kappa shape index (κ2) is 12.3. The van der Waals surface area contributed by atoms with Gasteiger partial charge < -0.3 is 25.6 Å². The van der Waals surface area contributed by atoms with E-state index in [1.807, 2.05) is 30.3 Å². The fraction of sp³-hybridized carbons (Fsp3) is 0.500. The number of ether oxygens (including phenoxy) is 2. The van der Waals surface area contributed by atoms with Crippen molar-refractivity contribution in [3.05, 3.63) is 41.4 Å². The van der Waals surface area contributed by atoms with Gasteiger partial charge in [-0.15, -0.1) is 0 Å². The monoisotopic (exact) mass is 404 g/mol.